The van der Waals surface area contributed by atoms with Crippen LogP contribution in [-0.4, -0.2) is 17.5 Å². The number of benzene rings is 1. The van der Waals surface area contributed by atoms with Gasteiger partial charge in [-0.15, -0.1) is 0 Å². The van der Waals surface area contributed by atoms with Crippen molar-refractivity contribution < 1.29 is 29.8 Å². The molecule has 1 aliphatic heterocycles. The van der Waals surface area contributed by atoms with Crippen LogP contribution in [0.3, 0.4) is 0 Å². The second kappa shape index (κ2) is 7.76. The molecular weight excluding hydrogens is 544 g/mol. The molecule has 137 valence electrons. The first kappa shape index (κ1) is 19.5. The second-order valence-electron chi connectivity index (χ2n) is 5.56. The normalized spacial score (nSPS) is 11.7. The van der Waals surface area contributed by atoms with E-state index >= 15 is 0 Å². The molecule has 1 aromatic carbocycles. The molecule has 3 aromatic rings. The van der Waals surface area contributed by atoms with Crippen LogP contribution < -0.4 is 9.62 Å². The van der Waals surface area contributed by atoms with Gasteiger partial charge in [-0.05, 0) is 24.3 Å². The van der Waals surface area contributed by atoms with Gasteiger partial charge in [0.15, 0.2) is 0 Å². The molecule has 0 N–H and O–H groups in total. The molecule has 0 fully saturated rings. The van der Waals surface area contributed by atoms with Gasteiger partial charge in [0.05, 0.1) is 36.9 Å². The monoisotopic (exact) mass is 552 g/mol. The predicted molar refractivity (Wildman–Crippen MR) is 97.4 cm³/mol. The summed E-state index contributed by atoms with van der Waals surface area (Å²) in [4.78, 5) is 17.8. The molecule has 0 saturated heterocycles. The third-order valence-electron chi connectivity index (χ3n) is 4.01. The van der Waals surface area contributed by atoms with Gasteiger partial charge < -0.3 is 9.62 Å². The van der Waals surface area contributed by atoms with E-state index in [-0.39, 0.29) is 32.4 Å². The summed E-state index contributed by atoms with van der Waals surface area (Å²) >= 11 is 0. The van der Waals surface area contributed by atoms with Crippen LogP contribution in [0, 0.1) is 24.8 Å². The maximum Gasteiger partial charge on any atom is 0.403 e. The largest absolute Gasteiger partial charge is 0.403 e. The van der Waals surface area contributed by atoms with Gasteiger partial charge in [0.25, 0.3) is 0 Å². The Bertz CT molecular complexity index is 1060. The Morgan fingerprint density at radius 2 is 1.25 bits per heavy atom. The van der Waals surface area contributed by atoms with E-state index in [4.69, 9.17) is 13.1 Å². The second-order valence-corrected chi connectivity index (χ2v) is 5.56. The van der Waals surface area contributed by atoms with Crippen molar-refractivity contribution in [1.82, 2.24) is 9.97 Å². The third kappa shape index (κ3) is 3.21. The molecule has 0 amide bonds. The summed E-state index contributed by atoms with van der Waals surface area (Å²) in [6.45, 7) is 14.2. The summed E-state index contributed by atoms with van der Waals surface area (Å²) in [6.07, 6.45) is 1.99. The first-order valence-electron chi connectivity index (χ1n) is 7.71. The summed E-state index contributed by atoms with van der Waals surface area (Å²) < 4.78 is 27.3. The molecule has 28 heavy (non-hydrogen) atoms. The molecule has 0 spiro atoms. The fourth-order valence-corrected chi connectivity index (χ4v) is 2.75. The van der Waals surface area contributed by atoms with Gasteiger partial charge in [0.2, 0.25) is 11.4 Å². The molecule has 0 aliphatic carbocycles. The standard InChI is InChI=1S/C18H8BF2N6.Pt/c1-22-13-7-17(24-9-11(13)20)26-15-5-3-4-6-16(15)27(19-26)18-8-14(23-2)12(21)10-25-18;/h3-10H;. The van der Waals surface area contributed by atoms with Crippen LogP contribution in [0.25, 0.3) is 9.69 Å². The number of para-hydroxylation sites is 2. The topological polar surface area (TPSA) is 41.0 Å². The molecule has 1 aliphatic rings. The Morgan fingerprint density at radius 1 is 0.821 bits per heavy atom. The van der Waals surface area contributed by atoms with E-state index in [9.17, 15) is 8.78 Å². The first-order chi connectivity index (χ1) is 13.1. The van der Waals surface area contributed by atoms with E-state index in [1.54, 1.807) is 17.2 Å². The van der Waals surface area contributed by atoms with Crippen molar-refractivity contribution in [1.29, 1.82) is 0 Å². The van der Waals surface area contributed by atoms with Gasteiger partial charge in [0, 0.05) is 21.1 Å². The molecule has 0 unspecified atom stereocenters. The molecule has 2 aromatic heterocycles. The van der Waals surface area contributed by atoms with Crippen LogP contribution in [0.2, 0.25) is 0 Å². The van der Waals surface area contributed by atoms with E-state index in [0.717, 1.165) is 23.8 Å². The maximum atomic E-state index is 13.6. The molecule has 0 saturated carbocycles. The Kier molecular flexibility index (Phi) is 5.39. The van der Waals surface area contributed by atoms with Gasteiger partial charge in [-0.25, -0.2) is 28.4 Å². The van der Waals surface area contributed by atoms with Crippen molar-refractivity contribution >= 4 is 41.9 Å². The van der Waals surface area contributed by atoms with Crippen LogP contribution in [0.4, 0.5) is 43.2 Å². The van der Waals surface area contributed by atoms with Crippen molar-refractivity contribution in [3.8, 4) is 0 Å². The fraction of sp³-hybridized carbons (Fsp3) is 0. The zero-order chi connectivity index (χ0) is 19.0. The molecule has 6 nitrogen and oxygen atoms in total. The molecule has 1 radical (unpaired) electrons. The van der Waals surface area contributed by atoms with Crippen LogP contribution >= 0.6 is 0 Å². The van der Waals surface area contributed by atoms with E-state index in [2.05, 4.69) is 19.7 Å². The smallest absolute Gasteiger partial charge is 0.352 e. The molecule has 0 bridgehead atoms. The Balaban J connectivity index is 0.00000225. The third-order valence-corrected chi connectivity index (χ3v) is 4.01. The van der Waals surface area contributed by atoms with E-state index in [0.29, 0.717) is 11.6 Å². The molecular formula is C18H8BF2N6Pt. The van der Waals surface area contributed by atoms with E-state index < -0.39 is 11.6 Å². The molecule has 0 atom stereocenters. The first-order valence-corrected chi connectivity index (χ1v) is 7.71. The average molecular weight is 552 g/mol. The van der Waals surface area contributed by atoms with E-state index in [1.165, 1.54) is 12.1 Å². The number of rotatable bonds is 2. The number of halogens is 2. The van der Waals surface area contributed by atoms with Crippen LogP contribution in [0.5, 0.6) is 0 Å². The zero-order valence-electron chi connectivity index (χ0n) is 14.0. The minimum atomic E-state index is -0.694. The summed E-state index contributed by atoms with van der Waals surface area (Å²) in [6, 6.07) is 10.0. The molecule has 4 rings (SSSR count). The number of aromatic nitrogens is 2. The van der Waals surface area contributed by atoms with Crippen molar-refractivity contribution in [2.75, 3.05) is 9.62 Å². The van der Waals surface area contributed by atoms with Gasteiger partial charge in [-0.2, -0.15) is 0 Å². The SMILES string of the molecule is [C-]#[N+]c1cc(N2[B]N(c3cc([N+]#[C-])c(F)cn3)c3ccccc32)ncc1F.[Pt]. The number of hydrogen-bond donors (Lipinski definition) is 0. The van der Waals surface area contributed by atoms with Gasteiger partial charge >= 0.3 is 7.55 Å². The van der Waals surface area contributed by atoms with Crippen molar-refractivity contribution in [2.45, 2.75) is 0 Å². The summed E-state index contributed by atoms with van der Waals surface area (Å²) in [5, 5.41) is 0. The Labute approximate surface area is 174 Å². The van der Waals surface area contributed by atoms with Crippen LogP contribution in [-0.2, 0) is 21.1 Å². The average Bonchev–Trinajstić information content (AvgIpc) is 3.08. The Hall–Kier alpha value is -3.29. The number of pyridine rings is 2. The van der Waals surface area contributed by atoms with Gasteiger partial charge in [0.1, 0.15) is 23.3 Å². The quantitative estimate of drug-likeness (QED) is 0.343. The number of nitrogens with zero attached hydrogens (tertiary/aromatic N) is 6. The van der Waals surface area contributed by atoms with Crippen LogP contribution in [0.1, 0.15) is 0 Å². The molecule has 3 heterocycles. The van der Waals surface area contributed by atoms with Gasteiger partial charge in [-0.3, -0.25) is 0 Å². The number of anilines is 4. The Morgan fingerprint density at radius 3 is 1.64 bits per heavy atom. The fourth-order valence-electron chi connectivity index (χ4n) is 2.75. The maximum absolute atomic E-state index is 13.6. The predicted octanol–water partition coefficient (Wildman–Crippen LogP) is 4.68. The minimum Gasteiger partial charge on any atom is -0.352 e. The summed E-state index contributed by atoms with van der Waals surface area (Å²) in [7, 11) is 1.65. The van der Waals surface area contributed by atoms with E-state index in [1.807, 2.05) is 24.3 Å². The zero-order valence-corrected chi connectivity index (χ0v) is 16.2. The number of hydrogen-bond acceptors (Lipinski definition) is 4. The molecule has 10 heteroatoms. The minimum absolute atomic E-state index is 0. The number of fused-ring (bicyclic) bond motifs is 1. The van der Waals surface area contributed by atoms with Crippen molar-refractivity contribution in [3.63, 3.8) is 0 Å². The van der Waals surface area contributed by atoms with Gasteiger partial charge in [-0.1, -0.05) is 12.1 Å². The van der Waals surface area contributed by atoms with Crippen LogP contribution in [0.15, 0.2) is 48.8 Å². The summed E-state index contributed by atoms with van der Waals surface area (Å²) in [5.74, 6) is -0.685. The summed E-state index contributed by atoms with van der Waals surface area (Å²) in [5.41, 5.74) is 1.17. The van der Waals surface area contributed by atoms with Crippen molar-refractivity contribution in [3.05, 3.63) is 83.3 Å². The van der Waals surface area contributed by atoms with Crippen molar-refractivity contribution in [2.24, 2.45) is 0 Å².